The van der Waals surface area contributed by atoms with E-state index >= 15 is 0 Å². The van der Waals surface area contributed by atoms with Crippen LogP contribution in [0.25, 0.3) is 56.7 Å². The van der Waals surface area contributed by atoms with Crippen LogP contribution in [0.5, 0.6) is 0 Å². The Morgan fingerprint density at radius 3 is 1.23 bits per heavy atom. The first-order valence-electron chi connectivity index (χ1n) is 36.7. The first kappa shape index (κ1) is 84.9. The fourth-order valence-electron chi connectivity index (χ4n) is 12.3. The molecule has 0 bridgehead atoms. The number of nitrogens with one attached hydrogen (secondary N) is 6. The molecule has 29 nitrogen and oxygen atoms in total. The van der Waals surface area contributed by atoms with Crippen LogP contribution in [0, 0.1) is 11.5 Å². The first-order chi connectivity index (χ1) is 56.2. The molecule has 0 aliphatic carbocycles. The molecule has 3 aliphatic rings. The van der Waals surface area contributed by atoms with E-state index in [1.165, 1.54) is 54.0 Å². The molecule has 0 spiro atoms. The minimum atomic E-state index is -0.942. The largest absolute Gasteiger partial charge is 0.478 e. The summed E-state index contributed by atoms with van der Waals surface area (Å²) in [5.41, 5.74) is 16.5. The molecule has 116 heavy (non-hydrogen) atoms. The Balaban J connectivity index is 0.000000142. The van der Waals surface area contributed by atoms with Crippen LogP contribution in [0.3, 0.4) is 0 Å². The topological polar surface area (TPSA) is 395 Å². The Kier molecular flexibility index (Phi) is 31.0. The lowest BCUT2D eigenvalue weighted by atomic mass is 10.1. The fourth-order valence-corrected chi connectivity index (χ4v) is 13.8. The number of H-pyrrole nitrogens is 3. The summed E-state index contributed by atoms with van der Waals surface area (Å²) in [5, 5.41) is 40.0. The highest BCUT2D eigenvalue weighted by atomic mass is 79.9. The van der Waals surface area contributed by atoms with Gasteiger partial charge in [-0.1, -0.05) is 121 Å². The number of benzene rings is 4. The average Bonchev–Trinajstić information content (AvgIpc) is 1.65. The van der Waals surface area contributed by atoms with E-state index < -0.39 is 23.6 Å². The predicted molar refractivity (Wildman–Crippen MR) is 451 cm³/mol. The zero-order chi connectivity index (χ0) is 81.8. The molecule has 33 heteroatoms. The smallest absolute Gasteiger partial charge is 0.426 e. The minimum Gasteiger partial charge on any atom is -0.478 e. The summed E-state index contributed by atoms with van der Waals surface area (Å²) < 4.78 is 7.43. The van der Waals surface area contributed by atoms with Gasteiger partial charge in [-0.15, -0.1) is 0 Å². The van der Waals surface area contributed by atoms with Crippen molar-refractivity contribution in [3.63, 3.8) is 0 Å². The predicted octanol–water partition coefficient (Wildman–Crippen LogP) is 14.9. The number of aromatic nitrogens is 15. The van der Waals surface area contributed by atoms with Crippen molar-refractivity contribution in [1.29, 1.82) is 5.26 Å². The van der Waals surface area contributed by atoms with E-state index in [0.29, 0.717) is 49.1 Å². The summed E-state index contributed by atoms with van der Waals surface area (Å²) >= 11 is 12.7. The summed E-state index contributed by atoms with van der Waals surface area (Å²) in [6.07, 6.45) is 14.4. The third-order valence-corrected chi connectivity index (χ3v) is 19.7. The van der Waals surface area contributed by atoms with E-state index in [2.05, 4.69) is 235 Å². The lowest BCUT2D eigenvalue weighted by Crippen LogP contribution is -2.44. The van der Waals surface area contributed by atoms with Gasteiger partial charge < -0.3 is 14.7 Å². The number of ether oxygens (including phenoxy) is 1. The molecule has 3 fully saturated rings. The second kappa shape index (κ2) is 42.4. The Labute approximate surface area is 702 Å². The Morgan fingerprint density at radius 2 is 0.845 bits per heavy atom. The van der Waals surface area contributed by atoms with E-state index in [0.717, 1.165) is 138 Å². The number of hydrogen-bond donors (Lipinski definition) is 8. The van der Waals surface area contributed by atoms with E-state index in [-0.39, 0.29) is 17.4 Å². The van der Waals surface area contributed by atoms with Gasteiger partial charge in [-0.25, -0.2) is 55.7 Å². The summed E-state index contributed by atoms with van der Waals surface area (Å²) in [5.74, 6) is 9.19. The van der Waals surface area contributed by atoms with Gasteiger partial charge in [0.15, 0.2) is 23.7 Å². The standard InChI is InChI=1S/C24H23N5.C18H18BrN5.C18H16N6.C11H14BrN3O3.C6H6BrN3O.C6H4BrNO2/c1-3-7-18(8-4-1)16-29-14-12-21(17-29)24-26-23(27-28-24)20-11-13-25-22(15-20)19-9-5-2-6-10-19;19-16-10-14(6-8-20-16)17-21-18(23-22-17)15-7-9-24(12-15)11-13-4-2-1-3-5-13;19-12-24-9-7-15(11-24)18-21-17(22-23-18)14-6-8-20-16(10-14)13-4-2-1-3-5-13;1-11(2,3)18-10(17)15-14-9(16)7-4-5-13-8(12)6-7;7-5-3-4(1-2-9-5)6(11)10-8;7-5-3-4(6(9)10)1-2-8-5/h1-11,13,15,21H,12,14,16-17H2,(H,26,27,28);1-6,8,10,15H,7,9,11-12H2,(H,21,22,23);1-6,8,10,15H,7,9,11H2,(H,21,22,23);4-6H,1-3H3,(H,14,16)(H,15,17);1-3H,8H2,(H,10,11);1-3H,(H,9,10). The quantitative estimate of drug-likeness (QED) is 0.0155. The lowest BCUT2D eigenvalue weighted by Gasteiger charge is -2.19. The number of carboxylic acid groups (broad SMARTS) is 1. The number of amides is 3. The molecule has 4 aromatic carbocycles. The van der Waals surface area contributed by atoms with Crippen molar-refractivity contribution in [3.05, 3.63) is 295 Å². The number of nitriles is 1. The molecule has 592 valence electrons. The van der Waals surface area contributed by atoms with Crippen molar-refractivity contribution in [2.24, 2.45) is 5.84 Å². The molecule has 0 radical (unpaired) electrons. The summed E-state index contributed by atoms with van der Waals surface area (Å²) in [6, 6.07) is 62.4. The van der Waals surface area contributed by atoms with Gasteiger partial charge in [0.1, 0.15) is 41.5 Å². The molecule has 3 aliphatic heterocycles. The minimum absolute atomic E-state index is 0.237. The Hall–Kier alpha value is -12.0. The van der Waals surface area contributed by atoms with Crippen molar-refractivity contribution in [2.45, 2.75) is 76.5 Å². The van der Waals surface area contributed by atoms with Crippen LogP contribution in [-0.4, -0.2) is 164 Å². The molecule has 13 aromatic rings. The summed E-state index contributed by atoms with van der Waals surface area (Å²) in [7, 11) is 0. The maximum absolute atomic E-state index is 11.6. The van der Waals surface area contributed by atoms with Gasteiger partial charge >= 0.3 is 12.1 Å². The maximum atomic E-state index is 11.6. The molecule has 9 aromatic heterocycles. The maximum Gasteiger partial charge on any atom is 0.426 e. The summed E-state index contributed by atoms with van der Waals surface area (Å²) in [4.78, 5) is 89.6. The monoisotopic (exact) mass is 1810 g/mol. The van der Waals surface area contributed by atoms with E-state index in [1.807, 2.05) is 90.5 Å². The number of pyridine rings is 6. The molecule has 12 heterocycles. The van der Waals surface area contributed by atoms with Crippen LogP contribution >= 0.6 is 63.7 Å². The second-order valence-electron chi connectivity index (χ2n) is 27.5. The number of carbonyl (C=O) groups excluding carboxylic acids is 3. The first-order valence-corrected chi connectivity index (χ1v) is 39.8. The van der Waals surface area contributed by atoms with Crippen molar-refractivity contribution in [1.82, 2.24) is 106 Å². The number of hydrogen-bond acceptors (Lipinski definition) is 22. The van der Waals surface area contributed by atoms with Gasteiger partial charge in [0.25, 0.3) is 11.8 Å². The van der Waals surface area contributed by atoms with Crippen molar-refractivity contribution in [3.8, 4) is 62.9 Å². The molecule has 3 amide bonds. The van der Waals surface area contributed by atoms with E-state index in [9.17, 15) is 19.2 Å². The van der Waals surface area contributed by atoms with E-state index in [4.69, 9.17) is 30.9 Å². The number of aromatic amines is 3. The number of carboxylic acids is 1. The molecule has 9 N–H and O–H groups in total. The molecular weight excluding hydrogens is 1730 g/mol. The number of halogens is 4. The van der Waals surface area contributed by atoms with Crippen LogP contribution in [0.15, 0.2) is 250 Å². The van der Waals surface area contributed by atoms with Crippen molar-refractivity contribution >= 4 is 87.6 Å². The van der Waals surface area contributed by atoms with Crippen LogP contribution in [0.1, 0.15) is 117 Å². The van der Waals surface area contributed by atoms with E-state index in [1.54, 1.807) is 50.2 Å². The average molecular weight is 1820 g/mol. The Bertz CT molecular complexity index is 5410. The highest BCUT2D eigenvalue weighted by molar-refractivity contribution is 9.11. The van der Waals surface area contributed by atoms with Gasteiger partial charge in [0.2, 0.25) is 0 Å². The molecular formula is C83H81Br4N23O6. The SMILES string of the molecule is Brc1cc(-c2n[nH]c(C3CCN(Cc4ccccc4)C3)n2)ccn1.CC(C)(C)OC(=O)NNC(=O)c1ccnc(Br)c1.N#CN1CCC(c2nc(-c3ccnc(-c4ccccc4)c3)n[nH]2)C1.NNC(=O)c1ccnc(Br)c1.O=C(O)c1ccnc(Br)c1.c1ccc(CN2CCC(c3nc(-c4ccnc(-c5ccccc5)c4)n[nH]3)C2)cc1. The van der Waals surface area contributed by atoms with Crippen LogP contribution in [0.4, 0.5) is 4.79 Å². The van der Waals surface area contributed by atoms with Gasteiger partial charge in [0.05, 0.1) is 17.0 Å². The van der Waals surface area contributed by atoms with Gasteiger partial charge in [-0.3, -0.25) is 55.5 Å². The molecule has 16 rings (SSSR count). The van der Waals surface area contributed by atoms with Crippen molar-refractivity contribution < 1.29 is 29.0 Å². The molecule has 3 unspecified atom stereocenters. The zero-order valence-electron chi connectivity index (χ0n) is 63.2. The number of carbonyl (C=O) groups is 4. The number of rotatable bonds is 15. The zero-order valence-corrected chi connectivity index (χ0v) is 69.5. The number of aromatic carboxylic acids is 1. The van der Waals surface area contributed by atoms with Crippen LogP contribution in [-0.2, 0) is 17.8 Å². The lowest BCUT2D eigenvalue weighted by molar-refractivity contribution is 0.0483. The normalized spacial score (nSPS) is 14.8. The highest BCUT2D eigenvalue weighted by Gasteiger charge is 2.30. The van der Waals surface area contributed by atoms with Gasteiger partial charge in [-0.05, 0) is 201 Å². The second-order valence-corrected chi connectivity index (χ2v) is 30.7. The summed E-state index contributed by atoms with van der Waals surface area (Å²) in [6.45, 7) is 12.9. The number of nitrogens with two attached hydrogens (primary N) is 1. The third kappa shape index (κ3) is 26.0. The number of likely N-dealkylation sites (tertiary alicyclic amines) is 3. The number of nitrogens with zero attached hydrogens (tertiary/aromatic N) is 16. The molecule has 3 saturated heterocycles. The molecule has 3 atom stereocenters. The fraction of sp³-hybridized carbons (Fsp3) is 0.217. The highest BCUT2D eigenvalue weighted by Crippen LogP contribution is 2.32. The van der Waals surface area contributed by atoms with Crippen LogP contribution < -0.4 is 22.1 Å². The Morgan fingerprint density at radius 1 is 0.474 bits per heavy atom. The number of nitrogen functional groups attached to an aromatic ring is 1. The van der Waals surface area contributed by atoms with Crippen LogP contribution in [0.2, 0.25) is 0 Å². The van der Waals surface area contributed by atoms with Crippen molar-refractivity contribution in [2.75, 3.05) is 39.3 Å². The van der Waals surface area contributed by atoms with Gasteiger partial charge in [0, 0.05) is 133 Å². The number of hydrazine groups is 2. The third-order valence-electron chi connectivity index (χ3n) is 18.0. The molecule has 0 saturated carbocycles. The van der Waals surface area contributed by atoms with Gasteiger partial charge in [-0.2, -0.15) is 20.6 Å².